The first-order valence-electron chi connectivity index (χ1n) is 11.3. The molecule has 0 aliphatic heterocycles. The van der Waals surface area contributed by atoms with Crippen LogP contribution in [0.5, 0.6) is 5.75 Å². The second kappa shape index (κ2) is 9.81. The number of ether oxygens (including phenoxy) is 1. The van der Waals surface area contributed by atoms with Gasteiger partial charge in [-0.15, -0.1) is 0 Å². The third kappa shape index (κ3) is 5.05. The molecule has 0 radical (unpaired) electrons. The van der Waals surface area contributed by atoms with Crippen molar-refractivity contribution in [3.05, 3.63) is 29.8 Å². The van der Waals surface area contributed by atoms with E-state index in [1.165, 1.54) is 76.2 Å². The predicted molar refractivity (Wildman–Crippen MR) is 112 cm³/mol. The normalized spacial score (nSPS) is 32.3. The number of unbranched alkanes of at least 4 members (excludes halogenated alkanes) is 2. The van der Waals surface area contributed by atoms with E-state index < -0.39 is 0 Å². The van der Waals surface area contributed by atoms with E-state index in [1.54, 1.807) is 7.11 Å². The fourth-order valence-corrected chi connectivity index (χ4v) is 5.84. The third-order valence-corrected chi connectivity index (χ3v) is 7.53. The maximum absolute atomic E-state index is 5.32. The Morgan fingerprint density at radius 3 is 2.19 bits per heavy atom. The standard InChI is InChI=1S/C25H40O/c1-4-5-6-7-20-8-10-21(11-9-20)23-14-17-25(19(2)18-23)22-12-15-24(26-3)16-13-22/h12-13,15-16,19-21,23,25H,4-11,14,17-18H2,1-3H3. The van der Waals surface area contributed by atoms with Crippen LogP contribution in [-0.2, 0) is 0 Å². The molecule has 0 amide bonds. The molecule has 146 valence electrons. The van der Waals surface area contributed by atoms with Gasteiger partial charge in [-0.3, -0.25) is 0 Å². The van der Waals surface area contributed by atoms with E-state index in [0.29, 0.717) is 0 Å². The molecule has 1 aromatic rings. The van der Waals surface area contributed by atoms with Gasteiger partial charge < -0.3 is 4.74 Å². The molecule has 1 heteroatoms. The van der Waals surface area contributed by atoms with Crippen molar-refractivity contribution >= 4 is 0 Å². The van der Waals surface area contributed by atoms with Crippen LogP contribution in [0.4, 0.5) is 0 Å². The molecule has 0 spiro atoms. The minimum Gasteiger partial charge on any atom is -0.497 e. The summed E-state index contributed by atoms with van der Waals surface area (Å²) in [5.41, 5.74) is 1.52. The zero-order valence-corrected chi connectivity index (χ0v) is 17.4. The molecule has 2 fully saturated rings. The highest BCUT2D eigenvalue weighted by atomic mass is 16.5. The van der Waals surface area contributed by atoms with Crippen molar-refractivity contribution in [2.75, 3.05) is 7.11 Å². The Labute approximate surface area is 161 Å². The first kappa shape index (κ1) is 19.8. The third-order valence-electron chi connectivity index (χ3n) is 7.53. The lowest BCUT2D eigenvalue weighted by atomic mass is 9.65. The molecule has 2 aliphatic rings. The molecule has 2 saturated carbocycles. The minimum absolute atomic E-state index is 0.752. The SMILES string of the molecule is CCCCCC1CCC(C2CCC(c3ccc(OC)cc3)C(C)C2)CC1. The topological polar surface area (TPSA) is 9.23 Å². The fourth-order valence-electron chi connectivity index (χ4n) is 5.84. The van der Waals surface area contributed by atoms with Crippen molar-refractivity contribution < 1.29 is 4.74 Å². The van der Waals surface area contributed by atoms with Gasteiger partial charge >= 0.3 is 0 Å². The van der Waals surface area contributed by atoms with Gasteiger partial charge in [0.1, 0.15) is 5.75 Å². The van der Waals surface area contributed by atoms with Crippen LogP contribution in [-0.4, -0.2) is 7.11 Å². The van der Waals surface area contributed by atoms with Crippen molar-refractivity contribution in [1.82, 2.24) is 0 Å². The molecular weight excluding hydrogens is 316 g/mol. The fraction of sp³-hybridized carbons (Fsp3) is 0.760. The summed E-state index contributed by atoms with van der Waals surface area (Å²) in [5, 5.41) is 0. The summed E-state index contributed by atoms with van der Waals surface area (Å²) in [4.78, 5) is 0. The van der Waals surface area contributed by atoms with Crippen molar-refractivity contribution in [2.45, 2.75) is 90.4 Å². The van der Waals surface area contributed by atoms with Gasteiger partial charge in [-0.25, -0.2) is 0 Å². The molecular formula is C25H40O. The summed E-state index contributed by atoms with van der Waals surface area (Å²) in [6.07, 6.45) is 16.1. The molecule has 0 heterocycles. The van der Waals surface area contributed by atoms with Crippen molar-refractivity contribution in [2.24, 2.45) is 23.7 Å². The highest BCUT2D eigenvalue weighted by Crippen LogP contribution is 2.47. The summed E-state index contributed by atoms with van der Waals surface area (Å²) >= 11 is 0. The zero-order chi connectivity index (χ0) is 18.4. The van der Waals surface area contributed by atoms with E-state index >= 15 is 0 Å². The first-order chi connectivity index (χ1) is 12.7. The van der Waals surface area contributed by atoms with Crippen LogP contribution >= 0.6 is 0 Å². The monoisotopic (exact) mass is 356 g/mol. The van der Waals surface area contributed by atoms with Crippen LogP contribution in [0.15, 0.2) is 24.3 Å². The number of hydrogen-bond donors (Lipinski definition) is 0. The average Bonchev–Trinajstić information content (AvgIpc) is 2.69. The summed E-state index contributed by atoms with van der Waals surface area (Å²) in [6, 6.07) is 8.85. The van der Waals surface area contributed by atoms with Crippen LogP contribution in [0.25, 0.3) is 0 Å². The first-order valence-corrected chi connectivity index (χ1v) is 11.3. The van der Waals surface area contributed by atoms with Gasteiger partial charge in [0, 0.05) is 0 Å². The summed E-state index contributed by atoms with van der Waals surface area (Å²) < 4.78 is 5.32. The Morgan fingerprint density at radius 2 is 1.58 bits per heavy atom. The highest BCUT2D eigenvalue weighted by Gasteiger charge is 2.34. The molecule has 1 nitrogen and oxygen atoms in total. The Morgan fingerprint density at radius 1 is 0.885 bits per heavy atom. The molecule has 0 bridgehead atoms. The average molecular weight is 357 g/mol. The molecule has 0 N–H and O–H groups in total. The van der Waals surface area contributed by atoms with E-state index in [2.05, 4.69) is 38.1 Å². The van der Waals surface area contributed by atoms with Gasteiger partial charge in [0.15, 0.2) is 0 Å². The smallest absolute Gasteiger partial charge is 0.118 e. The van der Waals surface area contributed by atoms with Crippen molar-refractivity contribution in [1.29, 1.82) is 0 Å². The van der Waals surface area contributed by atoms with E-state index in [0.717, 1.165) is 35.3 Å². The number of hydrogen-bond acceptors (Lipinski definition) is 1. The van der Waals surface area contributed by atoms with Gasteiger partial charge in [-0.05, 0) is 79.4 Å². The molecule has 3 unspecified atom stereocenters. The van der Waals surface area contributed by atoms with Crippen LogP contribution in [0.1, 0.15) is 96.0 Å². The maximum Gasteiger partial charge on any atom is 0.118 e. The number of rotatable bonds is 7. The highest BCUT2D eigenvalue weighted by molar-refractivity contribution is 5.30. The maximum atomic E-state index is 5.32. The predicted octanol–water partition coefficient (Wildman–Crippen LogP) is 7.60. The lowest BCUT2D eigenvalue weighted by Crippen LogP contribution is -2.29. The molecule has 3 rings (SSSR count). The van der Waals surface area contributed by atoms with Gasteiger partial charge in [-0.1, -0.05) is 64.5 Å². The van der Waals surface area contributed by atoms with Gasteiger partial charge in [0.05, 0.1) is 7.11 Å². The summed E-state index contributed by atoms with van der Waals surface area (Å²) in [5.74, 6) is 5.62. The molecule has 2 aliphatic carbocycles. The lowest BCUT2D eigenvalue weighted by Gasteiger charge is -2.41. The van der Waals surface area contributed by atoms with E-state index in [1.807, 2.05) is 0 Å². The Balaban J connectivity index is 1.46. The second-order valence-electron chi connectivity index (χ2n) is 9.21. The largest absolute Gasteiger partial charge is 0.497 e. The summed E-state index contributed by atoms with van der Waals surface area (Å²) in [6.45, 7) is 4.82. The molecule has 3 atom stereocenters. The van der Waals surface area contributed by atoms with Crippen molar-refractivity contribution in [3.8, 4) is 5.75 Å². The van der Waals surface area contributed by atoms with Crippen LogP contribution in [0.2, 0.25) is 0 Å². The van der Waals surface area contributed by atoms with Crippen molar-refractivity contribution in [3.63, 3.8) is 0 Å². The molecule has 0 saturated heterocycles. The van der Waals surface area contributed by atoms with E-state index in [-0.39, 0.29) is 0 Å². The second-order valence-corrected chi connectivity index (χ2v) is 9.21. The Bertz CT molecular complexity index is 511. The number of benzene rings is 1. The molecule has 1 aromatic carbocycles. The van der Waals surface area contributed by atoms with E-state index in [9.17, 15) is 0 Å². The van der Waals surface area contributed by atoms with Crippen LogP contribution in [0, 0.1) is 23.7 Å². The quantitative estimate of drug-likeness (QED) is 0.457. The summed E-state index contributed by atoms with van der Waals surface area (Å²) in [7, 11) is 1.75. The number of methoxy groups -OCH3 is 1. The van der Waals surface area contributed by atoms with E-state index in [4.69, 9.17) is 4.74 Å². The minimum atomic E-state index is 0.752. The zero-order valence-electron chi connectivity index (χ0n) is 17.4. The Hall–Kier alpha value is -0.980. The van der Waals surface area contributed by atoms with Crippen LogP contribution < -0.4 is 4.74 Å². The lowest BCUT2D eigenvalue weighted by molar-refractivity contribution is 0.130. The molecule has 26 heavy (non-hydrogen) atoms. The van der Waals surface area contributed by atoms with Crippen LogP contribution in [0.3, 0.4) is 0 Å². The van der Waals surface area contributed by atoms with Gasteiger partial charge in [-0.2, -0.15) is 0 Å². The Kier molecular flexibility index (Phi) is 7.46. The van der Waals surface area contributed by atoms with Gasteiger partial charge in [0.25, 0.3) is 0 Å². The van der Waals surface area contributed by atoms with Gasteiger partial charge in [0.2, 0.25) is 0 Å². The molecule has 0 aromatic heterocycles.